The van der Waals surface area contributed by atoms with Crippen LogP contribution in [0.3, 0.4) is 0 Å². The minimum absolute atomic E-state index is 0.0353. The molecule has 2 fully saturated rings. The van der Waals surface area contributed by atoms with Crippen molar-refractivity contribution in [3.05, 3.63) is 16.7 Å². The molecule has 4 rings (SSSR count). The molecule has 37 heavy (non-hydrogen) atoms. The molecule has 0 amide bonds. The van der Waals surface area contributed by atoms with Crippen molar-refractivity contribution >= 4 is 34.0 Å². The van der Waals surface area contributed by atoms with E-state index >= 15 is 0 Å². The van der Waals surface area contributed by atoms with Gasteiger partial charge in [0.1, 0.15) is 18.3 Å². The number of H-pyrrole nitrogens is 1. The SMILES string of the molecule is CC(C)(C)[Si](C)(C)O[C@@H]1[C@@H]2O[Si](C(C)(C)C)(C(C)(C)C)OC[C@H]2O[C@H]1n1cnc2c(=O)[nH]c(NN)nc21. The van der Waals surface area contributed by atoms with E-state index in [4.69, 9.17) is 23.9 Å². The molecule has 0 bridgehead atoms. The number of ether oxygens (including phenoxy) is 1. The highest BCUT2D eigenvalue weighted by atomic mass is 28.4. The fourth-order valence-corrected chi connectivity index (χ4v) is 11.6. The average molecular weight is 553 g/mol. The Morgan fingerprint density at radius 3 is 2.32 bits per heavy atom. The molecule has 0 aromatic carbocycles. The highest BCUT2D eigenvalue weighted by Gasteiger charge is 2.66. The molecule has 2 aromatic rings. The summed E-state index contributed by atoms with van der Waals surface area (Å²) in [5, 5.41) is -0.408. The topological polar surface area (TPSA) is 139 Å². The lowest BCUT2D eigenvalue weighted by molar-refractivity contribution is -0.0795. The Hall–Kier alpha value is -1.62. The molecule has 2 aliphatic rings. The first-order valence-corrected chi connectivity index (χ1v) is 17.6. The highest BCUT2D eigenvalue weighted by molar-refractivity contribution is 6.74. The van der Waals surface area contributed by atoms with Crippen LogP contribution in [-0.2, 0) is 18.0 Å². The Kier molecular flexibility index (Phi) is 6.88. The first-order valence-electron chi connectivity index (χ1n) is 12.9. The van der Waals surface area contributed by atoms with E-state index in [9.17, 15) is 4.79 Å². The molecular weight excluding hydrogens is 508 g/mol. The first kappa shape index (κ1) is 28.4. The van der Waals surface area contributed by atoms with Crippen molar-refractivity contribution in [1.82, 2.24) is 19.5 Å². The van der Waals surface area contributed by atoms with E-state index in [-0.39, 0.29) is 44.3 Å². The van der Waals surface area contributed by atoms with E-state index in [0.717, 1.165) is 0 Å². The summed E-state index contributed by atoms with van der Waals surface area (Å²) in [5.41, 5.74) is 2.59. The quantitative estimate of drug-likeness (QED) is 0.290. The van der Waals surface area contributed by atoms with E-state index in [2.05, 4.69) is 95.8 Å². The van der Waals surface area contributed by atoms with Crippen LogP contribution < -0.4 is 16.8 Å². The van der Waals surface area contributed by atoms with Gasteiger partial charge in [-0.3, -0.25) is 19.8 Å². The van der Waals surface area contributed by atoms with Crippen LogP contribution >= 0.6 is 0 Å². The second kappa shape index (κ2) is 8.96. The zero-order chi connectivity index (χ0) is 27.8. The van der Waals surface area contributed by atoms with Crippen molar-refractivity contribution in [2.45, 2.75) is 115 Å². The fraction of sp³-hybridized carbons (Fsp3) is 0.792. The lowest BCUT2D eigenvalue weighted by Crippen LogP contribution is -2.66. The molecule has 4 atom stereocenters. The summed E-state index contributed by atoms with van der Waals surface area (Å²) < 4.78 is 29.3. The molecule has 4 N–H and O–H groups in total. The number of aromatic amines is 1. The smallest absolute Gasteiger partial charge is 0.349 e. The van der Waals surface area contributed by atoms with Crippen LogP contribution in [0.4, 0.5) is 5.95 Å². The van der Waals surface area contributed by atoms with Crippen LogP contribution in [-0.4, -0.2) is 61.3 Å². The van der Waals surface area contributed by atoms with Gasteiger partial charge in [-0.25, -0.2) is 10.8 Å². The number of nitrogens with two attached hydrogens (primary N) is 1. The summed E-state index contributed by atoms with van der Waals surface area (Å²) in [4.78, 5) is 24.0. The van der Waals surface area contributed by atoms with Crippen molar-refractivity contribution in [3.63, 3.8) is 0 Å². The van der Waals surface area contributed by atoms with Gasteiger partial charge in [-0.1, -0.05) is 62.3 Å². The van der Waals surface area contributed by atoms with E-state index < -0.39 is 29.2 Å². The summed E-state index contributed by atoms with van der Waals surface area (Å²) in [6.45, 7) is 24.7. The standard InChI is InChI=1S/C24H44N6O5Si2/c1-22(2,3)36(10,11)34-17-16-14(12-32-37(35-16,23(4,5)6)24(7,8)9)33-20(17)30-13-26-15-18(30)27-21(29-25)28-19(15)31/h13-14,16-17,20H,12,25H2,1-11H3,(H2,27,28,29,31)/t14-,16-,17-,20-/m1/s1. The maximum atomic E-state index is 12.6. The molecule has 11 nitrogen and oxygen atoms in total. The Morgan fingerprint density at radius 1 is 1.16 bits per heavy atom. The average Bonchev–Trinajstić information content (AvgIpc) is 3.32. The number of hydrazine groups is 1. The van der Waals surface area contributed by atoms with Crippen molar-refractivity contribution in [3.8, 4) is 0 Å². The highest BCUT2D eigenvalue weighted by Crippen LogP contribution is 2.56. The predicted octanol–water partition coefficient (Wildman–Crippen LogP) is 4.15. The number of hydrogen-bond donors (Lipinski definition) is 3. The molecule has 4 heterocycles. The summed E-state index contributed by atoms with van der Waals surface area (Å²) in [6, 6.07) is 0. The molecular formula is C24H44N6O5Si2. The maximum Gasteiger partial charge on any atom is 0.349 e. The van der Waals surface area contributed by atoms with Crippen LogP contribution in [0.15, 0.2) is 11.1 Å². The summed E-state index contributed by atoms with van der Waals surface area (Å²) in [6.07, 6.45) is -0.154. The number of hydrogen-bond acceptors (Lipinski definition) is 9. The Bertz CT molecular complexity index is 1200. The number of nitrogens with one attached hydrogen (secondary N) is 2. The summed E-state index contributed by atoms with van der Waals surface area (Å²) in [7, 11) is -5.07. The maximum absolute atomic E-state index is 12.6. The van der Waals surface area contributed by atoms with Crippen molar-refractivity contribution in [2.75, 3.05) is 12.0 Å². The number of imidazole rings is 1. The van der Waals surface area contributed by atoms with Gasteiger partial charge >= 0.3 is 8.56 Å². The monoisotopic (exact) mass is 552 g/mol. The third-order valence-electron chi connectivity index (χ3n) is 8.09. The number of fused-ring (bicyclic) bond motifs is 2. The molecule has 2 aliphatic heterocycles. The fourth-order valence-electron chi connectivity index (χ4n) is 5.37. The van der Waals surface area contributed by atoms with Gasteiger partial charge in [0, 0.05) is 10.1 Å². The zero-order valence-electron chi connectivity index (χ0n) is 24.1. The second-order valence-electron chi connectivity index (χ2n) is 13.8. The van der Waals surface area contributed by atoms with Crippen LogP contribution in [0.25, 0.3) is 11.2 Å². The van der Waals surface area contributed by atoms with Crippen LogP contribution in [0.5, 0.6) is 0 Å². The van der Waals surface area contributed by atoms with Gasteiger partial charge in [-0.05, 0) is 18.1 Å². The number of rotatable bonds is 4. The minimum atomic E-state index is -2.79. The Morgan fingerprint density at radius 2 is 1.78 bits per heavy atom. The van der Waals surface area contributed by atoms with Crippen molar-refractivity contribution in [1.29, 1.82) is 0 Å². The zero-order valence-corrected chi connectivity index (χ0v) is 26.1. The van der Waals surface area contributed by atoms with Gasteiger partial charge in [0.05, 0.1) is 12.9 Å². The largest absolute Gasteiger partial charge is 0.407 e. The van der Waals surface area contributed by atoms with Crippen LogP contribution in [0, 0.1) is 0 Å². The van der Waals surface area contributed by atoms with Gasteiger partial charge in [0.2, 0.25) is 5.95 Å². The van der Waals surface area contributed by atoms with Gasteiger partial charge < -0.3 is 18.0 Å². The lowest BCUT2D eigenvalue weighted by Gasteiger charge is -2.54. The molecule has 2 saturated heterocycles. The van der Waals surface area contributed by atoms with E-state index in [1.54, 1.807) is 10.9 Å². The number of aromatic nitrogens is 4. The summed E-state index contributed by atoms with van der Waals surface area (Å²) in [5.74, 6) is 5.69. The second-order valence-corrected chi connectivity index (χ2v) is 23.3. The van der Waals surface area contributed by atoms with Gasteiger partial charge in [0.25, 0.3) is 5.56 Å². The van der Waals surface area contributed by atoms with E-state index in [1.165, 1.54) is 0 Å². The van der Waals surface area contributed by atoms with Gasteiger partial charge in [-0.15, -0.1) is 0 Å². The molecule has 0 aliphatic carbocycles. The Labute approximate surface area is 221 Å². The van der Waals surface area contributed by atoms with E-state index in [0.29, 0.717) is 12.3 Å². The van der Waals surface area contributed by atoms with Gasteiger partial charge in [0.15, 0.2) is 25.7 Å². The predicted molar refractivity (Wildman–Crippen MR) is 148 cm³/mol. The number of nitrogen functional groups attached to an aromatic ring is 1. The normalized spacial score (nSPS) is 26.9. The third kappa shape index (κ3) is 4.62. The molecule has 2 aromatic heterocycles. The molecule has 13 heteroatoms. The number of anilines is 1. The van der Waals surface area contributed by atoms with Crippen molar-refractivity contribution in [2.24, 2.45) is 5.84 Å². The van der Waals surface area contributed by atoms with Crippen molar-refractivity contribution < 1.29 is 18.0 Å². The third-order valence-corrected chi connectivity index (χ3v) is 17.7. The first-order chi connectivity index (χ1) is 16.8. The molecule has 0 radical (unpaired) electrons. The Balaban J connectivity index is 1.85. The molecule has 0 unspecified atom stereocenters. The molecule has 0 spiro atoms. The van der Waals surface area contributed by atoms with Gasteiger partial charge in [-0.2, -0.15) is 4.98 Å². The molecule has 0 saturated carbocycles. The minimum Gasteiger partial charge on any atom is -0.407 e. The van der Waals surface area contributed by atoms with Crippen LogP contribution in [0.1, 0.15) is 68.5 Å². The van der Waals surface area contributed by atoms with Crippen LogP contribution in [0.2, 0.25) is 28.2 Å². The lowest BCUT2D eigenvalue weighted by atomic mass is 10.1. The molecule has 208 valence electrons. The summed E-state index contributed by atoms with van der Waals surface area (Å²) >= 11 is 0. The number of nitrogens with zero attached hydrogens (tertiary/aromatic N) is 3. The van der Waals surface area contributed by atoms with E-state index in [1.807, 2.05) is 0 Å².